The Morgan fingerprint density at radius 1 is 1.15 bits per heavy atom. The fourth-order valence-corrected chi connectivity index (χ4v) is 4.69. The van der Waals surface area contributed by atoms with Gasteiger partial charge in [0.15, 0.2) is 11.0 Å². The van der Waals surface area contributed by atoms with Crippen LogP contribution in [-0.2, 0) is 0 Å². The van der Waals surface area contributed by atoms with Gasteiger partial charge in [0.2, 0.25) is 0 Å². The summed E-state index contributed by atoms with van der Waals surface area (Å²) in [6.07, 6.45) is 4.01. The van der Waals surface area contributed by atoms with Crippen LogP contribution in [0.5, 0.6) is 0 Å². The molecule has 3 unspecified atom stereocenters. The minimum Gasteiger partial charge on any atom is -0.365 e. The number of aromatic nitrogens is 2. The normalized spacial score (nSPS) is 34.5. The summed E-state index contributed by atoms with van der Waals surface area (Å²) in [7, 11) is 0. The molecule has 0 spiro atoms. The maximum absolute atomic E-state index is 6.05. The van der Waals surface area contributed by atoms with Gasteiger partial charge in [-0.1, -0.05) is 32.4 Å². The SMILES string of the molecule is Cc1c(Cl)nnc(NC2C3(C)CCC(C3)C2(C)C)c1C. The van der Waals surface area contributed by atoms with Crippen LogP contribution in [0.4, 0.5) is 5.82 Å². The summed E-state index contributed by atoms with van der Waals surface area (Å²) in [6, 6.07) is 0.460. The van der Waals surface area contributed by atoms with Crippen molar-refractivity contribution < 1.29 is 0 Å². The lowest BCUT2D eigenvalue weighted by atomic mass is 9.68. The van der Waals surface area contributed by atoms with Crippen LogP contribution in [0.2, 0.25) is 5.15 Å². The molecule has 1 aromatic heterocycles. The van der Waals surface area contributed by atoms with Crippen LogP contribution in [0.15, 0.2) is 0 Å². The van der Waals surface area contributed by atoms with E-state index in [-0.39, 0.29) is 0 Å². The van der Waals surface area contributed by atoms with Gasteiger partial charge in [-0.3, -0.25) is 0 Å². The zero-order valence-electron chi connectivity index (χ0n) is 13.0. The van der Waals surface area contributed by atoms with Crippen molar-refractivity contribution in [3.05, 3.63) is 16.3 Å². The van der Waals surface area contributed by atoms with Gasteiger partial charge in [0, 0.05) is 6.04 Å². The first kappa shape index (κ1) is 14.1. The summed E-state index contributed by atoms with van der Waals surface area (Å²) in [5, 5.41) is 12.6. The topological polar surface area (TPSA) is 37.8 Å². The van der Waals surface area contributed by atoms with E-state index in [9.17, 15) is 0 Å². The van der Waals surface area contributed by atoms with Gasteiger partial charge in [0.1, 0.15) is 0 Å². The first-order valence-electron chi connectivity index (χ1n) is 7.51. The lowest BCUT2D eigenvalue weighted by molar-refractivity contribution is 0.155. The van der Waals surface area contributed by atoms with Crippen molar-refractivity contribution in [2.24, 2.45) is 16.7 Å². The van der Waals surface area contributed by atoms with E-state index in [1.54, 1.807) is 0 Å². The molecule has 110 valence electrons. The molecular weight excluding hydrogens is 270 g/mol. The van der Waals surface area contributed by atoms with E-state index in [1.165, 1.54) is 19.3 Å². The average Bonchev–Trinajstić information content (AvgIpc) is 2.85. The molecule has 0 saturated heterocycles. The predicted octanol–water partition coefficient (Wildman–Crippen LogP) is 4.37. The Balaban J connectivity index is 1.94. The third-order valence-electron chi connectivity index (χ3n) is 6.02. The first-order valence-corrected chi connectivity index (χ1v) is 7.89. The maximum atomic E-state index is 6.05. The van der Waals surface area contributed by atoms with Crippen molar-refractivity contribution in [1.82, 2.24) is 10.2 Å². The van der Waals surface area contributed by atoms with E-state index in [0.717, 1.165) is 22.9 Å². The Morgan fingerprint density at radius 3 is 2.45 bits per heavy atom. The Hall–Kier alpha value is -0.830. The Bertz CT molecular complexity index is 550. The molecule has 20 heavy (non-hydrogen) atoms. The summed E-state index contributed by atoms with van der Waals surface area (Å²) in [5.41, 5.74) is 2.84. The number of anilines is 1. The van der Waals surface area contributed by atoms with Crippen molar-refractivity contribution in [3.8, 4) is 0 Å². The van der Waals surface area contributed by atoms with Crippen LogP contribution in [0.3, 0.4) is 0 Å². The van der Waals surface area contributed by atoms with E-state index < -0.39 is 0 Å². The van der Waals surface area contributed by atoms with Gasteiger partial charge in [-0.05, 0) is 61.0 Å². The quantitative estimate of drug-likeness (QED) is 0.879. The molecule has 3 rings (SSSR count). The molecule has 1 N–H and O–H groups in total. The Kier molecular flexibility index (Phi) is 3.06. The van der Waals surface area contributed by atoms with E-state index in [2.05, 4.69) is 43.2 Å². The molecule has 2 aliphatic rings. The van der Waals surface area contributed by atoms with Crippen molar-refractivity contribution in [2.45, 2.75) is 59.9 Å². The highest BCUT2D eigenvalue weighted by Crippen LogP contribution is 2.63. The number of fused-ring (bicyclic) bond motifs is 2. The molecule has 0 aliphatic heterocycles. The smallest absolute Gasteiger partial charge is 0.155 e. The molecule has 1 heterocycles. The van der Waals surface area contributed by atoms with Crippen LogP contribution in [0.1, 0.15) is 51.2 Å². The molecule has 4 heteroatoms. The van der Waals surface area contributed by atoms with Gasteiger partial charge < -0.3 is 5.32 Å². The van der Waals surface area contributed by atoms with Gasteiger partial charge in [-0.25, -0.2) is 0 Å². The number of nitrogens with zero attached hydrogens (tertiary/aromatic N) is 2. The number of hydrogen-bond donors (Lipinski definition) is 1. The second kappa shape index (κ2) is 4.33. The molecule has 2 aliphatic carbocycles. The molecule has 1 aromatic rings. The highest BCUT2D eigenvalue weighted by molar-refractivity contribution is 6.30. The third-order valence-corrected chi connectivity index (χ3v) is 6.37. The minimum atomic E-state index is 0.314. The summed E-state index contributed by atoms with van der Waals surface area (Å²) in [4.78, 5) is 0. The highest BCUT2D eigenvalue weighted by Gasteiger charge is 2.59. The minimum absolute atomic E-state index is 0.314. The molecule has 0 radical (unpaired) electrons. The largest absolute Gasteiger partial charge is 0.365 e. The zero-order valence-corrected chi connectivity index (χ0v) is 13.8. The van der Waals surface area contributed by atoms with E-state index in [0.29, 0.717) is 22.0 Å². The fourth-order valence-electron chi connectivity index (χ4n) is 4.51. The number of nitrogens with one attached hydrogen (secondary N) is 1. The molecule has 0 aromatic carbocycles. The van der Waals surface area contributed by atoms with Crippen molar-refractivity contribution >= 4 is 17.4 Å². The highest BCUT2D eigenvalue weighted by atomic mass is 35.5. The van der Waals surface area contributed by atoms with E-state index in [1.807, 2.05) is 6.92 Å². The lowest BCUT2D eigenvalue weighted by Gasteiger charge is -2.43. The monoisotopic (exact) mass is 293 g/mol. The summed E-state index contributed by atoms with van der Waals surface area (Å²) in [5.74, 6) is 1.73. The van der Waals surface area contributed by atoms with Crippen LogP contribution >= 0.6 is 11.6 Å². The number of hydrogen-bond acceptors (Lipinski definition) is 3. The van der Waals surface area contributed by atoms with Crippen LogP contribution < -0.4 is 5.32 Å². The van der Waals surface area contributed by atoms with Gasteiger partial charge in [0.05, 0.1) is 0 Å². The molecule has 3 atom stereocenters. The molecular formula is C16H24ClN3. The predicted molar refractivity (Wildman–Crippen MR) is 83.2 cm³/mol. The third kappa shape index (κ3) is 1.86. The molecule has 2 fully saturated rings. The molecule has 2 saturated carbocycles. The van der Waals surface area contributed by atoms with Gasteiger partial charge in [-0.2, -0.15) is 0 Å². The Morgan fingerprint density at radius 2 is 1.85 bits per heavy atom. The van der Waals surface area contributed by atoms with Gasteiger partial charge >= 0.3 is 0 Å². The maximum Gasteiger partial charge on any atom is 0.155 e. The summed E-state index contributed by atoms with van der Waals surface area (Å²) in [6.45, 7) is 11.3. The van der Waals surface area contributed by atoms with Crippen LogP contribution in [0, 0.1) is 30.6 Å². The van der Waals surface area contributed by atoms with Crippen molar-refractivity contribution in [3.63, 3.8) is 0 Å². The summed E-state index contributed by atoms with van der Waals surface area (Å²) >= 11 is 6.05. The van der Waals surface area contributed by atoms with Gasteiger partial charge in [-0.15, -0.1) is 10.2 Å². The average molecular weight is 294 g/mol. The lowest BCUT2D eigenvalue weighted by Crippen LogP contribution is -2.46. The molecule has 2 bridgehead atoms. The number of halogens is 1. The standard InChI is InChI=1S/C16H24ClN3/c1-9-10(2)13(20-19-12(9)17)18-14-15(3,4)11-6-7-16(14,5)8-11/h11,14H,6-8H2,1-5H3,(H,18,20). The second-order valence-electron chi connectivity index (χ2n) is 7.58. The van der Waals surface area contributed by atoms with Gasteiger partial charge in [0.25, 0.3) is 0 Å². The first-order chi connectivity index (χ1) is 9.25. The van der Waals surface area contributed by atoms with E-state index in [4.69, 9.17) is 11.6 Å². The molecule has 3 nitrogen and oxygen atoms in total. The van der Waals surface area contributed by atoms with Crippen LogP contribution in [-0.4, -0.2) is 16.2 Å². The Labute approximate surface area is 126 Å². The van der Waals surface area contributed by atoms with Crippen molar-refractivity contribution in [2.75, 3.05) is 5.32 Å². The summed E-state index contributed by atoms with van der Waals surface area (Å²) < 4.78 is 0. The zero-order chi connectivity index (χ0) is 14.7. The second-order valence-corrected chi connectivity index (χ2v) is 7.94. The van der Waals surface area contributed by atoms with Crippen molar-refractivity contribution in [1.29, 1.82) is 0 Å². The van der Waals surface area contributed by atoms with Crippen LogP contribution in [0.25, 0.3) is 0 Å². The molecule has 0 amide bonds. The number of rotatable bonds is 2. The van der Waals surface area contributed by atoms with E-state index >= 15 is 0 Å². The fraction of sp³-hybridized carbons (Fsp3) is 0.750.